The number of aromatic nitrogens is 3. The van der Waals surface area contributed by atoms with Crippen LogP contribution in [-0.4, -0.2) is 25.4 Å². The van der Waals surface area contributed by atoms with E-state index in [1.54, 1.807) is 11.3 Å². The van der Waals surface area contributed by atoms with Gasteiger partial charge in [-0.25, -0.2) is 9.78 Å². The monoisotopic (exact) mass is 269 g/mol. The normalized spacial score (nSPS) is 11.7. The molecule has 0 radical (unpaired) electrons. The quantitative estimate of drug-likeness (QED) is 0.691. The Kier molecular flexibility index (Phi) is 2.64. The molecule has 100 valence electrons. The molecule has 0 amide bonds. The Morgan fingerprint density at radius 3 is 2.90 bits per heavy atom. The van der Waals surface area contributed by atoms with Crippen molar-refractivity contribution in [2.45, 2.75) is 6.92 Å². The molecule has 2 aromatic heterocycles. The van der Waals surface area contributed by atoms with Crippen molar-refractivity contribution in [1.29, 1.82) is 0 Å². The number of aryl methyl sites for hydroxylation is 1. The summed E-state index contributed by atoms with van der Waals surface area (Å²) < 4.78 is 1.73. The second-order valence-corrected chi connectivity index (χ2v) is 4.38. The minimum Gasteiger partial charge on any atom is -0.478 e. The molecule has 20 heavy (non-hydrogen) atoms. The van der Waals surface area contributed by atoms with Crippen LogP contribution in [0.4, 0.5) is 0 Å². The van der Waals surface area contributed by atoms with Gasteiger partial charge in [0, 0.05) is 11.8 Å². The van der Waals surface area contributed by atoms with Crippen molar-refractivity contribution >= 4 is 28.7 Å². The molecule has 6 heteroatoms. The highest BCUT2D eigenvalue weighted by molar-refractivity contribution is 5.85. The van der Waals surface area contributed by atoms with E-state index < -0.39 is 5.97 Å². The summed E-state index contributed by atoms with van der Waals surface area (Å²) in [5.41, 5.74) is 2.67. The predicted molar refractivity (Wildman–Crippen MR) is 74.7 cm³/mol. The van der Waals surface area contributed by atoms with Gasteiger partial charge in [0.1, 0.15) is 0 Å². The van der Waals surface area contributed by atoms with Crippen LogP contribution in [0.25, 0.3) is 22.8 Å². The highest BCUT2D eigenvalue weighted by Crippen LogP contribution is 2.17. The molecule has 0 saturated carbocycles. The van der Waals surface area contributed by atoms with Gasteiger partial charge in [0.25, 0.3) is 5.56 Å². The van der Waals surface area contributed by atoms with E-state index >= 15 is 0 Å². The largest absolute Gasteiger partial charge is 0.478 e. The molecule has 1 aromatic carbocycles. The van der Waals surface area contributed by atoms with Gasteiger partial charge in [-0.05, 0) is 25.1 Å². The molecule has 2 N–H and O–H groups in total. The number of nitrogens with zero attached hydrogens (tertiary/aromatic N) is 2. The lowest BCUT2D eigenvalue weighted by Gasteiger charge is -2.02. The number of carboxylic acids is 1. The minimum absolute atomic E-state index is 0.256. The molecule has 0 saturated heterocycles. The highest BCUT2D eigenvalue weighted by atomic mass is 16.4. The van der Waals surface area contributed by atoms with Crippen molar-refractivity contribution in [3.63, 3.8) is 0 Å². The zero-order chi connectivity index (χ0) is 14.3. The fourth-order valence-corrected chi connectivity index (χ4v) is 2.23. The number of carbonyl (C=O) groups is 1. The minimum atomic E-state index is -1.06. The van der Waals surface area contributed by atoms with Crippen molar-refractivity contribution in [2.75, 3.05) is 0 Å². The summed E-state index contributed by atoms with van der Waals surface area (Å²) in [6, 6.07) is 7.38. The molecule has 0 aliphatic heterocycles. The number of nitrogens with one attached hydrogen (secondary N) is 1. The van der Waals surface area contributed by atoms with Gasteiger partial charge >= 0.3 is 5.97 Å². The number of carboxylic acid groups (broad SMARTS) is 1. The van der Waals surface area contributed by atoms with Crippen LogP contribution in [0.1, 0.15) is 11.4 Å². The fourth-order valence-electron chi connectivity index (χ4n) is 2.23. The van der Waals surface area contributed by atoms with Gasteiger partial charge in [-0.15, -0.1) is 0 Å². The van der Waals surface area contributed by atoms with Gasteiger partial charge < -0.3 is 10.1 Å². The van der Waals surface area contributed by atoms with E-state index in [-0.39, 0.29) is 11.2 Å². The highest BCUT2D eigenvalue weighted by Gasteiger charge is 2.12. The number of aromatic amines is 1. The third-order valence-corrected chi connectivity index (χ3v) is 3.12. The Morgan fingerprint density at radius 1 is 1.40 bits per heavy atom. The van der Waals surface area contributed by atoms with Gasteiger partial charge in [-0.2, -0.15) is 0 Å². The van der Waals surface area contributed by atoms with Gasteiger partial charge in [0.05, 0.1) is 16.7 Å². The van der Waals surface area contributed by atoms with E-state index in [0.29, 0.717) is 11.2 Å². The molecule has 0 fully saturated rings. The van der Waals surface area contributed by atoms with Gasteiger partial charge in [0.15, 0.2) is 0 Å². The summed E-state index contributed by atoms with van der Waals surface area (Å²) in [5.74, 6) is -1.06. The van der Waals surface area contributed by atoms with Crippen LogP contribution in [-0.2, 0) is 4.79 Å². The first-order chi connectivity index (χ1) is 9.58. The van der Waals surface area contributed by atoms with Crippen molar-refractivity contribution in [2.24, 2.45) is 0 Å². The maximum Gasteiger partial charge on any atom is 0.328 e. The van der Waals surface area contributed by atoms with Gasteiger partial charge in [-0.3, -0.25) is 9.20 Å². The second-order valence-electron chi connectivity index (χ2n) is 4.38. The van der Waals surface area contributed by atoms with Crippen LogP contribution in [0.15, 0.2) is 35.1 Å². The zero-order valence-electron chi connectivity index (χ0n) is 10.6. The average molecular weight is 269 g/mol. The van der Waals surface area contributed by atoms with E-state index in [1.165, 1.54) is 6.08 Å². The summed E-state index contributed by atoms with van der Waals surface area (Å²) >= 11 is 0. The summed E-state index contributed by atoms with van der Waals surface area (Å²) in [6.07, 6.45) is 2.39. The van der Waals surface area contributed by atoms with Gasteiger partial charge in [0.2, 0.25) is 5.65 Å². The molecule has 6 nitrogen and oxygen atoms in total. The molecule has 2 heterocycles. The maximum atomic E-state index is 12.0. The Hall–Kier alpha value is -2.89. The van der Waals surface area contributed by atoms with Crippen molar-refractivity contribution < 1.29 is 9.90 Å². The lowest BCUT2D eigenvalue weighted by Crippen LogP contribution is -2.11. The number of H-pyrrole nitrogens is 1. The smallest absolute Gasteiger partial charge is 0.328 e. The number of rotatable bonds is 2. The number of aliphatic carboxylic acids is 1. The SMILES string of the molecule is Cc1c(C=CC(=O)O)nc2c(=O)[nH]c3ccccc3n12. The predicted octanol–water partition coefficient (Wildman–Crippen LogP) is 1.58. The summed E-state index contributed by atoms with van der Waals surface area (Å²) in [4.78, 5) is 29.6. The Balaban J connectivity index is 2.41. The molecule has 3 aromatic rings. The first-order valence-electron chi connectivity index (χ1n) is 5.99. The van der Waals surface area contributed by atoms with Crippen molar-refractivity contribution in [3.05, 3.63) is 52.1 Å². The summed E-state index contributed by atoms with van der Waals surface area (Å²) in [5, 5.41) is 8.68. The van der Waals surface area contributed by atoms with Crippen molar-refractivity contribution in [1.82, 2.24) is 14.4 Å². The molecule has 0 bridgehead atoms. The molecule has 0 aliphatic carbocycles. The lowest BCUT2D eigenvalue weighted by molar-refractivity contribution is -0.131. The van der Waals surface area contributed by atoms with Crippen LogP contribution >= 0.6 is 0 Å². The van der Waals surface area contributed by atoms with E-state index in [4.69, 9.17) is 5.11 Å². The first-order valence-corrected chi connectivity index (χ1v) is 5.99. The number of benzene rings is 1. The van der Waals surface area contributed by atoms with E-state index in [2.05, 4.69) is 9.97 Å². The number of hydrogen-bond acceptors (Lipinski definition) is 3. The van der Waals surface area contributed by atoms with Crippen LogP contribution in [0.5, 0.6) is 0 Å². The first kappa shape index (κ1) is 12.2. The molecule has 0 aliphatic rings. The fraction of sp³-hybridized carbons (Fsp3) is 0.0714. The zero-order valence-corrected chi connectivity index (χ0v) is 10.6. The Morgan fingerprint density at radius 2 is 2.15 bits per heavy atom. The Labute approximate surface area is 113 Å². The second kappa shape index (κ2) is 4.34. The molecule has 0 atom stereocenters. The van der Waals surface area contributed by atoms with Crippen LogP contribution in [0, 0.1) is 6.92 Å². The average Bonchev–Trinajstić information content (AvgIpc) is 2.75. The van der Waals surface area contributed by atoms with E-state index in [1.807, 2.05) is 24.3 Å². The third kappa shape index (κ3) is 1.78. The Bertz CT molecular complexity index is 918. The molecular formula is C14H11N3O3. The topological polar surface area (TPSA) is 87.5 Å². The number of hydrogen-bond donors (Lipinski definition) is 2. The summed E-state index contributed by atoms with van der Waals surface area (Å²) in [7, 11) is 0. The van der Waals surface area contributed by atoms with Crippen LogP contribution in [0.2, 0.25) is 0 Å². The van der Waals surface area contributed by atoms with Gasteiger partial charge in [-0.1, -0.05) is 12.1 Å². The standard InChI is InChI=1S/C14H11N3O3/c1-8-9(6-7-12(18)19)15-13-14(20)16-10-4-2-3-5-11(10)17(8)13/h2-7H,1H3,(H,16,20)(H,18,19). The number of para-hydroxylation sites is 2. The molecule has 3 rings (SSSR count). The number of fused-ring (bicyclic) bond motifs is 3. The third-order valence-electron chi connectivity index (χ3n) is 3.12. The molecular weight excluding hydrogens is 258 g/mol. The van der Waals surface area contributed by atoms with Crippen LogP contribution < -0.4 is 5.56 Å². The maximum absolute atomic E-state index is 12.0. The molecule has 0 unspecified atom stereocenters. The van der Waals surface area contributed by atoms with Crippen LogP contribution in [0.3, 0.4) is 0 Å². The van der Waals surface area contributed by atoms with Crippen molar-refractivity contribution in [3.8, 4) is 0 Å². The summed E-state index contributed by atoms with van der Waals surface area (Å²) in [6.45, 7) is 1.80. The van der Waals surface area contributed by atoms with E-state index in [9.17, 15) is 9.59 Å². The van der Waals surface area contributed by atoms with E-state index in [0.717, 1.165) is 17.3 Å². The lowest BCUT2D eigenvalue weighted by atomic mass is 10.3. The molecule has 0 spiro atoms. The number of imidazole rings is 1.